The van der Waals surface area contributed by atoms with Crippen molar-refractivity contribution in [2.24, 2.45) is 10.7 Å². The minimum absolute atomic E-state index is 0.0236. The zero-order chi connectivity index (χ0) is 23.9. The number of nitrogens with one attached hydrogen (secondary N) is 1. The molecular formula is C21H24FN5O5S. The quantitative estimate of drug-likeness (QED) is 0.661. The second kappa shape index (κ2) is 8.25. The molecule has 33 heavy (non-hydrogen) atoms. The number of halogens is 1. The second-order valence-corrected chi connectivity index (χ2v) is 10.9. The molecule has 0 saturated heterocycles. The maximum atomic E-state index is 13.0. The monoisotopic (exact) mass is 477 g/mol. The van der Waals surface area contributed by atoms with Crippen molar-refractivity contribution in [1.29, 1.82) is 0 Å². The molecule has 1 spiro atoms. The number of amides is 1. The predicted octanol–water partition coefficient (Wildman–Crippen LogP) is 1.62. The number of nitrogens with zero attached hydrogens (tertiary/aromatic N) is 3. The second-order valence-electron chi connectivity index (χ2n) is 8.34. The molecule has 1 atom stereocenters. The summed E-state index contributed by atoms with van der Waals surface area (Å²) in [5, 5.41) is 2.71. The molecule has 0 fully saturated rings. The van der Waals surface area contributed by atoms with Crippen LogP contribution in [0.2, 0.25) is 0 Å². The van der Waals surface area contributed by atoms with Crippen molar-refractivity contribution in [2.45, 2.75) is 30.6 Å². The molecule has 12 heteroatoms. The van der Waals surface area contributed by atoms with E-state index in [0.717, 1.165) is 0 Å². The van der Waals surface area contributed by atoms with Crippen molar-refractivity contribution in [3.63, 3.8) is 0 Å². The van der Waals surface area contributed by atoms with Crippen LogP contribution in [0.4, 0.5) is 10.1 Å². The van der Waals surface area contributed by atoms with E-state index in [-0.39, 0.29) is 36.4 Å². The molecule has 1 unspecified atom stereocenters. The molecule has 1 aromatic heterocycles. The first-order valence-corrected chi connectivity index (χ1v) is 11.9. The van der Waals surface area contributed by atoms with Crippen LogP contribution in [0.5, 0.6) is 11.6 Å². The topological polar surface area (TPSA) is 146 Å². The Hall–Kier alpha value is -3.28. The molecule has 176 valence electrons. The predicted molar refractivity (Wildman–Crippen MR) is 119 cm³/mol. The number of ether oxygens (including phenoxy) is 2. The summed E-state index contributed by atoms with van der Waals surface area (Å²) in [5.74, 6) is -0.117. The maximum absolute atomic E-state index is 13.0. The summed E-state index contributed by atoms with van der Waals surface area (Å²) in [5.41, 5.74) is 5.97. The molecule has 0 aliphatic carbocycles. The fourth-order valence-electron chi connectivity index (χ4n) is 3.73. The Labute approximate surface area is 190 Å². The smallest absolute Gasteiger partial charge is 0.275 e. The third-order valence-electron chi connectivity index (χ3n) is 5.86. The van der Waals surface area contributed by atoms with Crippen molar-refractivity contribution in [2.75, 3.05) is 31.0 Å². The number of alkyl halides is 1. The molecule has 2 aliphatic rings. The van der Waals surface area contributed by atoms with Gasteiger partial charge in [-0.15, -0.1) is 0 Å². The molecule has 1 amide bonds. The van der Waals surface area contributed by atoms with Gasteiger partial charge in [-0.1, -0.05) is 0 Å². The molecule has 4 rings (SSSR count). The number of hydrogen-bond acceptors (Lipinski definition) is 9. The van der Waals surface area contributed by atoms with Gasteiger partial charge in [0.2, 0.25) is 5.88 Å². The van der Waals surface area contributed by atoms with Gasteiger partial charge < -0.3 is 20.5 Å². The lowest BCUT2D eigenvalue weighted by molar-refractivity contribution is 0.102. The summed E-state index contributed by atoms with van der Waals surface area (Å²) in [4.78, 5) is 25.2. The number of fused-ring (bicyclic) bond motifs is 2. The van der Waals surface area contributed by atoms with Crippen LogP contribution in [-0.2, 0) is 15.4 Å². The van der Waals surface area contributed by atoms with E-state index in [1.54, 1.807) is 32.0 Å². The fourth-order valence-corrected chi connectivity index (χ4v) is 5.44. The molecule has 2 aromatic rings. The first kappa shape index (κ1) is 22.9. The lowest BCUT2D eigenvalue weighted by atomic mass is 9.85. The average Bonchev–Trinajstić information content (AvgIpc) is 2.77. The number of sulfone groups is 1. The van der Waals surface area contributed by atoms with E-state index in [4.69, 9.17) is 15.2 Å². The molecule has 3 heterocycles. The number of nitrogens with two attached hydrogens (primary N) is 1. The van der Waals surface area contributed by atoms with Gasteiger partial charge in [-0.3, -0.25) is 9.79 Å². The lowest BCUT2D eigenvalue weighted by Gasteiger charge is -2.42. The van der Waals surface area contributed by atoms with Gasteiger partial charge in [-0.2, -0.15) is 0 Å². The molecule has 2 aliphatic heterocycles. The summed E-state index contributed by atoms with van der Waals surface area (Å²) in [6, 6.07) is 4.93. The fraction of sp³-hybridized carbons (Fsp3) is 0.429. The number of rotatable bonds is 5. The average molecular weight is 478 g/mol. The van der Waals surface area contributed by atoms with E-state index in [0.29, 0.717) is 23.4 Å². The molecular weight excluding hydrogens is 453 g/mol. The van der Waals surface area contributed by atoms with Crippen LogP contribution in [0.15, 0.2) is 35.6 Å². The van der Waals surface area contributed by atoms with Crippen LogP contribution in [0.25, 0.3) is 0 Å². The normalized spacial score (nSPS) is 22.6. The minimum atomic E-state index is -3.60. The Morgan fingerprint density at radius 3 is 2.76 bits per heavy atom. The lowest BCUT2D eigenvalue weighted by Crippen LogP contribution is -2.56. The first-order chi connectivity index (χ1) is 15.6. The number of amidine groups is 1. The van der Waals surface area contributed by atoms with E-state index in [2.05, 4.69) is 20.3 Å². The largest absolute Gasteiger partial charge is 0.493 e. The third kappa shape index (κ3) is 4.10. The van der Waals surface area contributed by atoms with Gasteiger partial charge in [0.1, 0.15) is 40.8 Å². The van der Waals surface area contributed by atoms with Gasteiger partial charge in [-0.05, 0) is 32.0 Å². The van der Waals surface area contributed by atoms with Crippen LogP contribution in [0, 0.1) is 0 Å². The van der Waals surface area contributed by atoms with Crippen LogP contribution in [0.1, 0.15) is 36.3 Å². The highest BCUT2D eigenvalue weighted by Crippen LogP contribution is 2.46. The van der Waals surface area contributed by atoms with Crippen LogP contribution < -0.4 is 20.5 Å². The van der Waals surface area contributed by atoms with E-state index in [1.807, 2.05) is 0 Å². The van der Waals surface area contributed by atoms with Crippen molar-refractivity contribution in [3.05, 3.63) is 41.9 Å². The number of aromatic nitrogens is 2. The number of benzene rings is 1. The molecule has 1 aromatic carbocycles. The molecule has 10 nitrogen and oxygen atoms in total. The zero-order valence-corrected chi connectivity index (χ0v) is 19.0. The van der Waals surface area contributed by atoms with Crippen molar-refractivity contribution in [1.82, 2.24) is 9.97 Å². The maximum Gasteiger partial charge on any atom is 0.275 e. The van der Waals surface area contributed by atoms with Gasteiger partial charge in [0.05, 0.1) is 24.8 Å². The van der Waals surface area contributed by atoms with Crippen LogP contribution in [0.3, 0.4) is 0 Å². The van der Waals surface area contributed by atoms with Crippen molar-refractivity contribution in [3.8, 4) is 11.6 Å². The van der Waals surface area contributed by atoms with Crippen LogP contribution in [-0.4, -0.2) is 60.5 Å². The third-order valence-corrected chi connectivity index (χ3v) is 8.48. The summed E-state index contributed by atoms with van der Waals surface area (Å²) in [7, 11) is -3.60. The van der Waals surface area contributed by atoms with E-state index in [9.17, 15) is 17.6 Å². The number of aliphatic imine (C=N–C) groups is 1. The summed E-state index contributed by atoms with van der Waals surface area (Å²) < 4.78 is 47.7. The van der Waals surface area contributed by atoms with E-state index < -0.39 is 32.7 Å². The zero-order valence-electron chi connectivity index (χ0n) is 18.2. The molecule has 0 saturated carbocycles. The number of hydrogen-bond donors (Lipinski definition) is 2. The summed E-state index contributed by atoms with van der Waals surface area (Å²) in [6.07, 6.45) is 2.78. The van der Waals surface area contributed by atoms with Gasteiger partial charge >= 0.3 is 0 Å². The molecule has 0 bridgehead atoms. The van der Waals surface area contributed by atoms with Gasteiger partial charge in [-0.25, -0.2) is 22.8 Å². The van der Waals surface area contributed by atoms with Gasteiger partial charge in [0.15, 0.2) is 9.84 Å². The Bertz CT molecular complexity index is 1220. The first-order valence-electron chi connectivity index (χ1n) is 10.3. The number of carbonyl (C=O) groups excluding carboxylic acids is 1. The Morgan fingerprint density at radius 1 is 1.30 bits per heavy atom. The van der Waals surface area contributed by atoms with Crippen molar-refractivity contribution >= 4 is 27.3 Å². The molecule has 0 radical (unpaired) electrons. The SMILES string of the molecule is CC1(C)C(N)=NC2(CCOc3ccc(NC(=O)c4cnc(OCCF)cn4)cc32)CS1(=O)=O. The Balaban J connectivity index is 1.63. The summed E-state index contributed by atoms with van der Waals surface area (Å²) in [6.45, 7) is 2.55. The van der Waals surface area contributed by atoms with Crippen molar-refractivity contribution < 1.29 is 27.1 Å². The standard InChI is InChI=1S/C21H24FN5O5S/c1-20(2)19(23)27-21(12-33(20,29)30)5-7-31-16-4-3-13(9-14(16)21)26-18(28)15-10-25-17(11-24-15)32-8-6-22/h3-4,9-11H,5-8,12H2,1-2H3,(H2,23,27)(H,26,28). The Morgan fingerprint density at radius 2 is 2.09 bits per heavy atom. The van der Waals surface area contributed by atoms with E-state index in [1.165, 1.54) is 12.4 Å². The van der Waals surface area contributed by atoms with Crippen LogP contribution >= 0.6 is 0 Å². The Kier molecular flexibility index (Phi) is 5.72. The highest BCUT2D eigenvalue weighted by Gasteiger charge is 2.52. The van der Waals surface area contributed by atoms with E-state index >= 15 is 0 Å². The highest BCUT2D eigenvalue weighted by molar-refractivity contribution is 7.93. The highest BCUT2D eigenvalue weighted by atomic mass is 32.2. The minimum Gasteiger partial charge on any atom is -0.493 e. The van der Waals surface area contributed by atoms with Gasteiger partial charge in [0, 0.05) is 17.7 Å². The van der Waals surface area contributed by atoms with Gasteiger partial charge in [0.25, 0.3) is 5.91 Å². The number of carbonyl (C=O) groups is 1. The summed E-state index contributed by atoms with van der Waals surface area (Å²) >= 11 is 0. The number of anilines is 1. The molecule has 3 N–H and O–H groups in total.